The molecule has 0 bridgehead atoms. The summed E-state index contributed by atoms with van der Waals surface area (Å²) in [5.41, 5.74) is -0.00356. The maximum Gasteiger partial charge on any atom is 0.305 e. The van der Waals surface area contributed by atoms with Crippen LogP contribution in [0.5, 0.6) is 0 Å². The van der Waals surface area contributed by atoms with E-state index >= 15 is 0 Å². The van der Waals surface area contributed by atoms with Crippen molar-refractivity contribution in [2.24, 2.45) is 5.41 Å². The Morgan fingerprint density at radius 2 is 2.17 bits per heavy atom. The van der Waals surface area contributed by atoms with Crippen LogP contribution in [0.4, 0.5) is 0 Å². The second-order valence-electron chi connectivity index (χ2n) is 5.49. The van der Waals surface area contributed by atoms with E-state index in [4.69, 9.17) is 9.84 Å². The number of aliphatic carboxylic acids is 1. The van der Waals surface area contributed by atoms with Crippen molar-refractivity contribution < 1.29 is 14.6 Å². The Balaban J connectivity index is 2.93. The fraction of sp³-hybridized carbons (Fsp3) is 0.818. The summed E-state index contributed by atoms with van der Waals surface area (Å²) in [6.07, 6.45) is 0.681. The summed E-state index contributed by atoms with van der Waals surface area (Å²) in [6, 6.07) is -0.261. The summed E-state index contributed by atoms with van der Waals surface area (Å²) >= 11 is 0. The molecular weight excluding hydrogens is 236 g/mol. The number of carboxylic acids is 1. The number of tetrazole rings is 1. The molecule has 0 aromatic carbocycles. The molecule has 0 aliphatic carbocycles. The normalized spacial score (nSPS) is 13.6. The molecular formula is C11H20N4O3. The van der Waals surface area contributed by atoms with Crippen molar-refractivity contribution in [2.45, 2.75) is 46.3 Å². The Hall–Kier alpha value is -1.50. The van der Waals surface area contributed by atoms with Crippen molar-refractivity contribution in [3.8, 4) is 0 Å². The van der Waals surface area contributed by atoms with Crippen molar-refractivity contribution in [1.82, 2.24) is 20.2 Å². The Kier molecular flexibility index (Phi) is 4.77. The minimum absolute atomic E-state index is 0.000968. The van der Waals surface area contributed by atoms with Crippen LogP contribution in [0.15, 0.2) is 0 Å². The van der Waals surface area contributed by atoms with E-state index in [-0.39, 0.29) is 24.5 Å². The van der Waals surface area contributed by atoms with Gasteiger partial charge in [0.15, 0.2) is 5.82 Å². The number of aromatic nitrogens is 4. The van der Waals surface area contributed by atoms with E-state index in [9.17, 15) is 4.79 Å². The zero-order valence-corrected chi connectivity index (χ0v) is 11.3. The second kappa shape index (κ2) is 5.90. The topological polar surface area (TPSA) is 90.1 Å². The Morgan fingerprint density at radius 3 is 2.67 bits per heavy atom. The summed E-state index contributed by atoms with van der Waals surface area (Å²) in [4.78, 5) is 10.9. The van der Waals surface area contributed by atoms with E-state index in [1.807, 2.05) is 0 Å². The highest BCUT2D eigenvalue weighted by Gasteiger charge is 2.25. The summed E-state index contributed by atoms with van der Waals surface area (Å²) in [5.74, 6) is -0.309. The molecule has 0 radical (unpaired) electrons. The lowest BCUT2D eigenvalue weighted by atomic mass is 9.87. The molecule has 102 valence electrons. The van der Waals surface area contributed by atoms with E-state index in [2.05, 4.69) is 36.3 Å². The first-order valence-corrected chi connectivity index (χ1v) is 5.81. The van der Waals surface area contributed by atoms with Gasteiger partial charge in [0.1, 0.15) is 6.61 Å². The van der Waals surface area contributed by atoms with Crippen molar-refractivity contribution in [3.63, 3.8) is 0 Å². The molecule has 0 saturated heterocycles. The van der Waals surface area contributed by atoms with Gasteiger partial charge in [-0.25, -0.2) is 4.68 Å². The fourth-order valence-corrected chi connectivity index (χ4v) is 1.87. The van der Waals surface area contributed by atoms with Gasteiger partial charge < -0.3 is 9.84 Å². The summed E-state index contributed by atoms with van der Waals surface area (Å²) in [7, 11) is 1.55. The van der Waals surface area contributed by atoms with E-state index in [0.717, 1.165) is 0 Å². The van der Waals surface area contributed by atoms with Crippen LogP contribution in [-0.2, 0) is 16.1 Å². The molecule has 1 atom stereocenters. The van der Waals surface area contributed by atoms with Crippen LogP contribution in [0.25, 0.3) is 0 Å². The first-order chi connectivity index (χ1) is 8.33. The van der Waals surface area contributed by atoms with E-state index < -0.39 is 5.97 Å². The molecule has 1 N–H and O–H groups in total. The summed E-state index contributed by atoms with van der Waals surface area (Å²) in [6.45, 7) is 6.44. The number of rotatable bonds is 6. The molecule has 1 unspecified atom stereocenters. The zero-order chi connectivity index (χ0) is 13.8. The molecule has 18 heavy (non-hydrogen) atoms. The highest BCUT2D eigenvalue weighted by Crippen LogP contribution is 2.29. The number of methoxy groups -OCH3 is 1. The largest absolute Gasteiger partial charge is 0.481 e. The lowest BCUT2D eigenvalue weighted by Gasteiger charge is -2.25. The molecule has 7 nitrogen and oxygen atoms in total. The molecule has 1 heterocycles. The first-order valence-electron chi connectivity index (χ1n) is 5.81. The van der Waals surface area contributed by atoms with Gasteiger partial charge >= 0.3 is 5.97 Å². The Morgan fingerprint density at radius 1 is 1.50 bits per heavy atom. The molecule has 1 rings (SSSR count). The van der Waals surface area contributed by atoms with Crippen LogP contribution in [0.1, 0.15) is 45.5 Å². The Labute approximate surface area is 106 Å². The van der Waals surface area contributed by atoms with Crippen LogP contribution < -0.4 is 0 Å². The fourth-order valence-electron chi connectivity index (χ4n) is 1.87. The van der Waals surface area contributed by atoms with Gasteiger partial charge in [-0.15, -0.1) is 5.10 Å². The molecule has 7 heteroatoms. The standard InChI is InChI=1S/C11H20N4O3/c1-11(2,3)6-8(5-10(16)17)15-9(7-18-4)12-13-14-15/h8H,5-7H2,1-4H3,(H,16,17). The minimum atomic E-state index is -0.858. The van der Waals surface area contributed by atoms with Crippen LogP contribution in [0, 0.1) is 5.41 Å². The van der Waals surface area contributed by atoms with Gasteiger partial charge in [0.2, 0.25) is 0 Å². The minimum Gasteiger partial charge on any atom is -0.481 e. The molecule has 0 aliphatic heterocycles. The zero-order valence-electron chi connectivity index (χ0n) is 11.3. The predicted octanol–water partition coefficient (Wildman–Crippen LogP) is 1.27. The van der Waals surface area contributed by atoms with E-state index in [1.54, 1.807) is 11.8 Å². The number of ether oxygens (including phenoxy) is 1. The van der Waals surface area contributed by atoms with Crippen LogP contribution in [-0.4, -0.2) is 38.4 Å². The molecule has 1 aromatic rings. The van der Waals surface area contributed by atoms with Gasteiger partial charge in [-0.05, 0) is 22.3 Å². The van der Waals surface area contributed by atoms with Crippen LogP contribution in [0.3, 0.4) is 0 Å². The van der Waals surface area contributed by atoms with Gasteiger partial charge in [0.25, 0.3) is 0 Å². The van der Waals surface area contributed by atoms with Crippen LogP contribution in [0.2, 0.25) is 0 Å². The van der Waals surface area contributed by atoms with Crippen molar-refractivity contribution >= 4 is 5.97 Å². The van der Waals surface area contributed by atoms with Crippen molar-refractivity contribution in [1.29, 1.82) is 0 Å². The second-order valence-corrected chi connectivity index (χ2v) is 5.49. The van der Waals surface area contributed by atoms with Gasteiger partial charge in [-0.1, -0.05) is 20.8 Å². The molecule has 0 aliphatic rings. The number of hydrogen-bond donors (Lipinski definition) is 1. The third-order valence-electron chi connectivity index (χ3n) is 2.44. The number of carbonyl (C=O) groups is 1. The molecule has 1 aromatic heterocycles. The van der Waals surface area contributed by atoms with Gasteiger partial charge in [0.05, 0.1) is 12.5 Å². The van der Waals surface area contributed by atoms with Crippen molar-refractivity contribution in [2.75, 3.05) is 7.11 Å². The average Bonchev–Trinajstić information content (AvgIpc) is 2.62. The lowest BCUT2D eigenvalue weighted by Crippen LogP contribution is -2.23. The monoisotopic (exact) mass is 256 g/mol. The summed E-state index contributed by atoms with van der Waals surface area (Å²) in [5, 5.41) is 20.3. The van der Waals surface area contributed by atoms with Crippen molar-refractivity contribution in [3.05, 3.63) is 5.82 Å². The molecule has 0 saturated carbocycles. The smallest absolute Gasteiger partial charge is 0.305 e. The van der Waals surface area contributed by atoms with E-state index in [0.29, 0.717) is 12.2 Å². The average molecular weight is 256 g/mol. The number of hydrogen-bond acceptors (Lipinski definition) is 5. The highest BCUT2D eigenvalue weighted by molar-refractivity contribution is 5.67. The Bertz CT molecular complexity index is 397. The quantitative estimate of drug-likeness (QED) is 0.824. The van der Waals surface area contributed by atoms with Gasteiger partial charge in [-0.2, -0.15) is 0 Å². The van der Waals surface area contributed by atoms with E-state index in [1.165, 1.54) is 0 Å². The predicted molar refractivity (Wildman–Crippen MR) is 63.9 cm³/mol. The first kappa shape index (κ1) is 14.6. The number of nitrogens with zero attached hydrogens (tertiary/aromatic N) is 4. The lowest BCUT2D eigenvalue weighted by molar-refractivity contribution is -0.138. The molecule has 0 amide bonds. The molecule has 0 spiro atoms. The van der Waals surface area contributed by atoms with Gasteiger partial charge in [-0.3, -0.25) is 4.79 Å². The van der Waals surface area contributed by atoms with Crippen LogP contribution >= 0.6 is 0 Å². The maximum atomic E-state index is 10.9. The third-order valence-corrected chi connectivity index (χ3v) is 2.44. The SMILES string of the molecule is COCc1nnnn1C(CC(=O)O)CC(C)(C)C. The highest BCUT2D eigenvalue weighted by atomic mass is 16.5. The van der Waals surface area contributed by atoms with Gasteiger partial charge in [0, 0.05) is 7.11 Å². The number of carboxylic acid groups (broad SMARTS) is 1. The third kappa shape index (κ3) is 4.40. The summed E-state index contributed by atoms with van der Waals surface area (Å²) < 4.78 is 6.56. The maximum absolute atomic E-state index is 10.9. The molecule has 0 fully saturated rings.